The second-order valence-corrected chi connectivity index (χ2v) is 3.81. The van der Waals surface area contributed by atoms with Crippen molar-refractivity contribution >= 4 is 5.69 Å². The molecule has 2 rings (SSSR count). The van der Waals surface area contributed by atoms with Crippen LogP contribution in [0.1, 0.15) is 5.56 Å². The molecule has 2 aromatic rings. The minimum absolute atomic E-state index is 0.0892. The molecule has 0 fully saturated rings. The normalized spacial score (nSPS) is 10.5. The Balaban J connectivity index is 2.14. The summed E-state index contributed by atoms with van der Waals surface area (Å²) < 4.78 is 34.1. The molecule has 6 heteroatoms. The number of hydrogen-bond acceptors (Lipinski definition) is 3. The maximum Gasteiger partial charge on any atom is 0.387 e. The van der Waals surface area contributed by atoms with Gasteiger partial charge in [-0.15, -0.1) is 0 Å². The number of rotatable bonds is 6. The standard InChI is InChI=1S/C13H14F2N2O2/c1-18-10-2-3-12(19-13(14)15)11(6-10)17-8-9-4-5-16-7-9/h2-7,13,16-17H,8H2,1H3. The summed E-state index contributed by atoms with van der Waals surface area (Å²) in [6.07, 6.45) is 3.61. The summed E-state index contributed by atoms with van der Waals surface area (Å²) in [6, 6.07) is 6.52. The number of aromatic nitrogens is 1. The van der Waals surface area contributed by atoms with Crippen molar-refractivity contribution in [3.63, 3.8) is 0 Å². The average Bonchev–Trinajstić information content (AvgIpc) is 2.90. The molecule has 2 N–H and O–H groups in total. The molecule has 4 nitrogen and oxygen atoms in total. The maximum atomic E-state index is 12.3. The predicted molar refractivity (Wildman–Crippen MR) is 67.7 cm³/mol. The Bertz CT molecular complexity index is 515. The van der Waals surface area contributed by atoms with Gasteiger partial charge in [-0.1, -0.05) is 0 Å². The van der Waals surface area contributed by atoms with Crippen molar-refractivity contribution in [3.05, 3.63) is 42.2 Å². The summed E-state index contributed by atoms with van der Waals surface area (Å²) >= 11 is 0. The largest absolute Gasteiger partial charge is 0.497 e. The van der Waals surface area contributed by atoms with E-state index in [2.05, 4.69) is 15.0 Å². The monoisotopic (exact) mass is 268 g/mol. The van der Waals surface area contributed by atoms with Gasteiger partial charge in [0.25, 0.3) is 0 Å². The van der Waals surface area contributed by atoms with Crippen LogP contribution >= 0.6 is 0 Å². The average molecular weight is 268 g/mol. The topological polar surface area (TPSA) is 46.3 Å². The molecule has 1 heterocycles. The highest BCUT2D eigenvalue weighted by molar-refractivity contribution is 5.60. The van der Waals surface area contributed by atoms with Crippen LogP contribution in [0.25, 0.3) is 0 Å². The Hall–Kier alpha value is -2.24. The van der Waals surface area contributed by atoms with E-state index in [0.717, 1.165) is 5.56 Å². The number of alkyl halides is 2. The molecule has 0 aliphatic rings. The Labute approximate surface area is 109 Å². The van der Waals surface area contributed by atoms with E-state index in [0.29, 0.717) is 18.0 Å². The van der Waals surface area contributed by atoms with E-state index in [1.807, 2.05) is 12.3 Å². The molecule has 0 unspecified atom stereocenters. The lowest BCUT2D eigenvalue weighted by Gasteiger charge is -2.13. The fourth-order valence-corrected chi connectivity index (χ4v) is 1.64. The van der Waals surface area contributed by atoms with Crippen LogP contribution in [0.15, 0.2) is 36.7 Å². The molecule has 0 saturated heterocycles. The van der Waals surface area contributed by atoms with Gasteiger partial charge in [-0.25, -0.2) is 0 Å². The van der Waals surface area contributed by atoms with E-state index >= 15 is 0 Å². The quantitative estimate of drug-likeness (QED) is 0.845. The molecule has 0 amide bonds. The van der Waals surface area contributed by atoms with Crippen molar-refractivity contribution in [2.45, 2.75) is 13.2 Å². The molecule has 0 saturated carbocycles. The fraction of sp³-hybridized carbons (Fsp3) is 0.231. The Morgan fingerprint density at radius 1 is 1.32 bits per heavy atom. The molecule has 0 bridgehead atoms. The predicted octanol–water partition coefficient (Wildman–Crippen LogP) is 3.24. The van der Waals surface area contributed by atoms with E-state index in [1.54, 1.807) is 18.3 Å². The molecule has 0 spiro atoms. The Kier molecular flexibility index (Phi) is 4.22. The summed E-state index contributed by atoms with van der Waals surface area (Å²) in [5, 5.41) is 3.04. The molecule has 19 heavy (non-hydrogen) atoms. The zero-order chi connectivity index (χ0) is 13.7. The van der Waals surface area contributed by atoms with Crippen molar-refractivity contribution in [1.82, 2.24) is 4.98 Å². The van der Waals surface area contributed by atoms with Crippen LogP contribution in [0, 0.1) is 0 Å². The van der Waals surface area contributed by atoms with Crippen molar-refractivity contribution < 1.29 is 18.3 Å². The van der Waals surface area contributed by atoms with Crippen LogP contribution in [0.3, 0.4) is 0 Å². The van der Waals surface area contributed by atoms with Gasteiger partial charge < -0.3 is 19.8 Å². The van der Waals surface area contributed by atoms with Crippen LogP contribution in [-0.4, -0.2) is 18.7 Å². The molecule has 0 aliphatic carbocycles. The summed E-state index contributed by atoms with van der Waals surface area (Å²) in [5.41, 5.74) is 1.46. The van der Waals surface area contributed by atoms with Gasteiger partial charge in [-0.05, 0) is 23.8 Å². The number of methoxy groups -OCH3 is 1. The number of nitrogens with one attached hydrogen (secondary N) is 2. The van der Waals surface area contributed by atoms with Crippen LogP contribution in [0.5, 0.6) is 11.5 Å². The van der Waals surface area contributed by atoms with Gasteiger partial charge in [0.15, 0.2) is 0 Å². The van der Waals surface area contributed by atoms with Gasteiger partial charge in [-0.2, -0.15) is 8.78 Å². The third kappa shape index (κ3) is 3.61. The van der Waals surface area contributed by atoms with Gasteiger partial charge in [0.2, 0.25) is 0 Å². The van der Waals surface area contributed by atoms with E-state index in [-0.39, 0.29) is 5.75 Å². The Morgan fingerprint density at radius 2 is 2.16 bits per heavy atom. The van der Waals surface area contributed by atoms with Gasteiger partial charge >= 0.3 is 6.61 Å². The third-order valence-electron chi connectivity index (χ3n) is 2.55. The highest BCUT2D eigenvalue weighted by Crippen LogP contribution is 2.30. The van der Waals surface area contributed by atoms with Crippen molar-refractivity contribution in [3.8, 4) is 11.5 Å². The van der Waals surface area contributed by atoms with Crippen molar-refractivity contribution in [2.75, 3.05) is 12.4 Å². The first kappa shape index (κ1) is 13.2. The van der Waals surface area contributed by atoms with Crippen LogP contribution in [-0.2, 0) is 6.54 Å². The van der Waals surface area contributed by atoms with Crippen molar-refractivity contribution in [1.29, 1.82) is 0 Å². The second kappa shape index (κ2) is 6.08. The number of aromatic amines is 1. The number of halogens is 2. The summed E-state index contributed by atoms with van der Waals surface area (Å²) in [6.45, 7) is -2.36. The van der Waals surface area contributed by atoms with E-state index in [1.165, 1.54) is 13.2 Å². The number of H-pyrrole nitrogens is 1. The summed E-state index contributed by atoms with van der Waals surface area (Å²) in [4.78, 5) is 2.92. The first-order valence-corrected chi connectivity index (χ1v) is 5.67. The zero-order valence-corrected chi connectivity index (χ0v) is 10.3. The lowest BCUT2D eigenvalue weighted by molar-refractivity contribution is -0.0493. The highest BCUT2D eigenvalue weighted by Gasteiger charge is 2.10. The van der Waals surface area contributed by atoms with Gasteiger partial charge in [0, 0.05) is 25.0 Å². The summed E-state index contributed by atoms with van der Waals surface area (Å²) in [5.74, 6) is 0.657. The molecule has 0 atom stereocenters. The lowest BCUT2D eigenvalue weighted by Crippen LogP contribution is -2.06. The van der Waals surface area contributed by atoms with E-state index < -0.39 is 6.61 Å². The number of anilines is 1. The first-order chi connectivity index (χ1) is 9.19. The molecule has 1 aromatic heterocycles. The molecular formula is C13H14F2N2O2. The lowest BCUT2D eigenvalue weighted by atomic mass is 10.2. The van der Waals surface area contributed by atoms with Gasteiger partial charge in [-0.3, -0.25) is 0 Å². The first-order valence-electron chi connectivity index (χ1n) is 5.67. The van der Waals surface area contributed by atoms with Crippen LogP contribution in [0.2, 0.25) is 0 Å². The van der Waals surface area contributed by atoms with Gasteiger partial charge in [0.05, 0.1) is 12.8 Å². The van der Waals surface area contributed by atoms with Gasteiger partial charge in [0.1, 0.15) is 11.5 Å². The fourth-order valence-electron chi connectivity index (χ4n) is 1.64. The Morgan fingerprint density at radius 3 is 2.79 bits per heavy atom. The molecule has 0 aliphatic heterocycles. The van der Waals surface area contributed by atoms with E-state index in [9.17, 15) is 8.78 Å². The highest BCUT2D eigenvalue weighted by atomic mass is 19.3. The minimum Gasteiger partial charge on any atom is -0.497 e. The summed E-state index contributed by atoms with van der Waals surface area (Å²) in [7, 11) is 1.51. The molecule has 1 aromatic carbocycles. The maximum absolute atomic E-state index is 12.3. The molecule has 102 valence electrons. The van der Waals surface area contributed by atoms with Crippen LogP contribution < -0.4 is 14.8 Å². The molecular weight excluding hydrogens is 254 g/mol. The smallest absolute Gasteiger partial charge is 0.387 e. The SMILES string of the molecule is COc1ccc(OC(F)F)c(NCc2cc[nH]c2)c1. The van der Waals surface area contributed by atoms with Crippen LogP contribution in [0.4, 0.5) is 14.5 Å². The van der Waals surface area contributed by atoms with Crippen molar-refractivity contribution in [2.24, 2.45) is 0 Å². The third-order valence-corrected chi connectivity index (χ3v) is 2.55. The van der Waals surface area contributed by atoms with E-state index in [4.69, 9.17) is 4.74 Å². The minimum atomic E-state index is -2.86. The zero-order valence-electron chi connectivity index (χ0n) is 10.3. The number of ether oxygens (including phenoxy) is 2. The number of hydrogen-bond donors (Lipinski definition) is 2. The number of benzene rings is 1. The molecule has 0 radical (unpaired) electrons. The second-order valence-electron chi connectivity index (χ2n) is 3.81.